The number of nitrogens with one attached hydrogen (secondary N) is 1. The summed E-state index contributed by atoms with van der Waals surface area (Å²) in [5.41, 5.74) is 1.42. The van der Waals surface area contributed by atoms with Gasteiger partial charge in [0.25, 0.3) is 11.6 Å². The Hall–Kier alpha value is -2.11. The van der Waals surface area contributed by atoms with Crippen molar-refractivity contribution in [3.63, 3.8) is 0 Å². The molecule has 0 saturated carbocycles. The molecular formula is C14H10Cl2N2O3. The Labute approximate surface area is 130 Å². The molecule has 2 rings (SSSR count). The van der Waals surface area contributed by atoms with Crippen LogP contribution < -0.4 is 5.32 Å². The van der Waals surface area contributed by atoms with Crippen LogP contribution in [0.15, 0.2) is 42.5 Å². The van der Waals surface area contributed by atoms with Crippen molar-refractivity contribution in [2.75, 3.05) is 5.32 Å². The topological polar surface area (TPSA) is 72.2 Å². The van der Waals surface area contributed by atoms with Crippen molar-refractivity contribution in [2.45, 2.75) is 5.88 Å². The SMILES string of the molecule is O=C(Nc1ccc([N+](=O)[O-])cc1Cl)c1cccc(CCl)c1. The Bertz CT molecular complexity index is 704. The zero-order valence-corrected chi connectivity index (χ0v) is 12.2. The van der Waals surface area contributed by atoms with Gasteiger partial charge in [-0.25, -0.2) is 0 Å². The molecular weight excluding hydrogens is 315 g/mol. The molecule has 1 N–H and O–H groups in total. The maximum absolute atomic E-state index is 12.1. The number of alkyl halides is 1. The van der Waals surface area contributed by atoms with Gasteiger partial charge in [0, 0.05) is 23.6 Å². The first kappa shape index (κ1) is 15.3. The summed E-state index contributed by atoms with van der Waals surface area (Å²) < 4.78 is 0. The highest BCUT2D eigenvalue weighted by Gasteiger charge is 2.12. The molecule has 2 aromatic rings. The van der Waals surface area contributed by atoms with Crippen LogP contribution in [0.1, 0.15) is 15.9 Å². The molecule has 0 fully saturated rings. The van der Waals surface area contributed by atoms with Crippen molar-refractivity contribution in [1.82, 2.24) is 0 Å². The molecule has 108 valence electrons. The number of nitrogens with zero attached hydrogens (tertiary/aromatic N) is 1. The first-order valence-electron chi connectivity index (χ1n) is 5.91. The lowest BCUT2D eigenvalue weighted by Crippen LogP contribution is -2.12. The molecule has 0 unspecified atom stereocenters. The predicted molar refractivity (Wildman–Crippen MR) is 82.1 cm³/mol. The second-order valence-corrected chi connectivity index (χ2v) is 4.88. The Kier molecular flexibility index (Phi) is 4.77. The summed E-state index contributed by atoms with van der Waals surface area (Å²) in [6, 6.07) is 10.7. The van der Waals surface area contributed by atoms with E-state index in [0.717, 1.165) is 5.56 Å². The molecule has 0 atom stereocenters. The minimum atomic E-state index is -0.554. The number of halogens is 2. The largest absolute Gasteiger partial charge is 0.321 e. The van der Waals surface area contributed by atoms with E-state index in [1.165, 1.54) is 18.2 Å². The highest BCUT2D eigenvalue weighted by molar-refractivity contribution is 6.34. The number of amides is 1. The normalized spacial score (nSPS) is 10.2. The number of hydrogen-bond acceptors (Lipinski definition) is 3. The van der Waals surface area contributed by atoms with Gasteiger partial charge in [0.2, 0.25) is 0 Å². The number of non-ortho nitro benzene ring substituents is 1. The van der Waals surface area contributed by atoms with Crippen molar-refractivity contribution in [3.8, 4) is 0 Å². The summed E-state index contributed by atoms with van der Waals surface area (Å²) in [5.74, 6) is -0.0583. The summed E-state index contributed by atoms with van der Waals surface area (Å²) in [4.78, 5) is 22.2. The molecule has 7 heteroatoms. The fourth-order valence-corrected chi connectivity index (χ4v) is 2.10. The van der Waals surface area contributed by atoms with Gasteiger partial charge < -0.3 is 5.32 Å². The van der Waals surface area contributed by atoms with Gasteiger partial charge in [-0.15, -0.1) is 11.6 Å². The average Bonchev–Trinajstić information content (AvgIpc) is 2.49. The van der Waals surface area contributed by atoms with Crippen LogP contribution in [0.5, 0.6) is 0 Å². The van der Waals surface area contributed by atoms with Crippen LogP contribution in [0, 0.1) is 10.1 Å². The molecule has 0 bridgehead atoms. The van der Waals surface area contributed by atoms with E-state index < -0.39 is 4.92 Å². The minimum Gasteiger partial charge on any atom is -0.321 e. The van der Waals surface area contributed by atoms with Crippen molar-refractivity contribution >= 4 is 40.5 Å². The lowest BCUT2D eigenvalue weighted by atomic mass is 10.1. The predicted octanol–water partition coefficient (Wildman–Crippen LogP) is 4.24. The number of nitro groups is 1. The Balaban J connectivity index is 2.21. The van der Waals surface area contributed by atoms with E-state index >= 15 is 0 Å². The fraction of sp³-hybridized carbons (Fsp3) is 0.0714. The number of carbonyl (C=O) groups excluding carboxylic acids is 1. The fourth-order valence-electron chi connectivity index (χ4n) is 1.71. The van der Waals surface area contributed by atoms with Crippen molar-refractivity contribution in [3.05, 3.63) is 68.7 Å². The summed E-state index contributed by atoms with van der Waals surface area (Å²) in [7, 11) is 0. The maximum atomic E-state index is 12.1. The second-order valence-electron chi connectivity index (χ2n) is 4.21. The molecule has 0 aromatic heterocycles. The van der Waals surface area contributed by atoms with Gasteiger partial charge in [-0.05, 0) is 23.8 Å². The molecule has 0 heterocycles. The monoisotopic (exact) mass is 324 g/mol. The lowest BCUT2D eigenvalue weighted by molar-refractivity contribution is -0.384. The molecule has 0 saturated heterocycles. The van der Waals surface area contributed by atoms with Crippen LogP contribution in [0.4, 0.5) is 11.4 Å². The summed E-state index contributed by atoms with van der Waals surface area (Å²) in [6.07, 6.45) is 0. The molecule has 0 radical (unpaired) electrons. The molecule has 0 spiro atoms. The molecule has 0 aliphatic carbocycles. The van der Waals surface area contributed by atoms with Gasteiger partial charge in [0.1, 0.15) is 0 Å². The summed E-state index contributed by atoms with van der Waals surface area (Å²) >= 11 is 11.6. The van der Waals surface area contributed by atoms with Crippen LogP contribution in [0.25, 0.3) is 0 Å². The van der Waals surface area contributed by atoms with E-state index in [2.05, 4.69) is 5.32 Å². The van der Waals surface area contributed by atoms with Crippen LogP contribution in [0.3, 0.4) is 0 Å². The standard InChI is InChI=1S/C14H10Cl2N2O3/c15-8-9-2-1-3-10(6-9)14(19)17-13-5-4-11(18(20)21)7-12(13)16/h1-7H,8H2,(H,17,19). The summed E-state index contributed by atoms with van der Waals surface area (Å²) in [5, 5.41) is 13.3. The van der Waals surface area contributed by atoms with Crippen LogP contribution in [0.2, 0.25) is 5.02 Å². The Morgan fingerprint density at radius 3 is 2.62 bits per heavy atom. The first-order chi connectivity index (χ1) is 10.0. The average molecular weight is 325 g/mol. The molecule has 0 aliphatic heterocycles. The third kappa shape index (κ3) is 3.71. The zero-order chi connectivity index (χ0) is 15.4. The number of benzene rings is 2. The van der Waals surface area contributed by atoms with Gasteiger partial charge in [-0.1, -0.05) is 23.7 Å². The molecule has 2 aromatic carbocycles. The molecule has 21 heavy (non-hydrogen) atoms. The minimum absolute atomic E-state index is 0.103. The maximum Gasteiger partial charge on any atom is 0.271 e. The van der Waals surface area contributed by atoms with E-state index in [0.29, 0.717) is 17.1 Å². The van der Waals surface area contributed by atoms with Gasteiger partial charge in [0.05, 0.1) is 15.6 Å². The molecule has 5 nitrogen and oxygen atoms in total. The number of nitro benzene ring substituents is 1. The highest BCUT2D eigenvalue weighted by atomic mass is 35.5. The van der Waals surface area contributed by atoms with Crippen molar-refractivity contribution in [1.29, 1.82) is 0 Å². The zero-order valence-electron chi connectivity index (χ0n) is 10.7. The highest BCUT2D eigenvalue weighted by Crippen LogP contribution is 2.27. The Morgan fingerprint density at radius 2 is 2.00 bits per heavy atom. The third-order valence-corrected chi connectivity index (χ3v) is 3.38. The van der Waals surface area contributed by atoms with E-state index in [9.17, 15) is 14.9 Å². The number of rotatable bonds is 4. The van der Waals surface area contributed by atoms with Crippen molar-refractivity contribution < 1.29 is 9.72 Å². The van der Waals surface area contributed by atoms with Gasteiger partial charge >= 0.3 is 0 Å². The van der Waals surface area contributed by atoms with Crippen LogP contribution >= 0.6 is 23.2 Å². The smallest absolute Gasteiger partial charge is 0.271 e. The van der Waals surface area contributed by atoms with E-state index in [1.807, 2.05) is 6.07 Å². The van der Waals surface area contributed by atoms with Gasteiger partial charge in [-0.2, -0.15) is 0 Å². The lowest BCUT2D eigenvalue weighted by Gasteiger charge is -2.08. The summed E-state index contributed by atoms with van der Waals surface area (Å²) in [6.45, 7) is 0. The first-order valence-corrected chi connectivity index (χ1v) is 6.82. The van der Waals surface area contributed by atoms with E-state index in [4.69, 9.17) is 23.2 Å². The van der Waals surface area contributed by atoms with Crippen LogP contribution in [-0.2, 0) is 5.88 Å². The molecule has 0 aliphatic rings. The van der Waals surface area contributed by atoms with E-state index in [1.54, 1.807) is 18.2 Å². The van der Waals surface area contributed by atoms with Crippen molar-refractivity contribution in [2.24, 2.45) is 0 Å². The second kappa shape index (κ2) is 6.56. The van der Waals surface area contributed by atoms with E-state index in [-0.39, 0.29) is 16.6 Å². The van der Waals surface area contributed by atoms with Gasteiger partial charge in [-0.3, -0.25) is 14.9 Å². The van der Waals surface area contributed by atoms with Gasteiger partial charge in [0.15, 0.2) is 0 Å². The third-order valence-electron chi connectivity index (χ3n) is 2.76. The number of anilines is 1. The van der Waals surface area contributed by atoms with Crippen LogP contribution in [-0.4, -0.2) is 10.8 Å². The Morgan fingerprint density at radius 1 is 1.24 bits per heavy atom. The quantitative estimate of drug-likeness (QED) is 0.519. The number of hydrogen-bond donors (Lipinski definition) is 1. The number of carbonyl (C=O) groups is 1. The molecule has 1 amide bonds.